The molecule has 0 aliphatic carbocycles. The lowest BCUT2D eigenvalue weighted by Crippen LogP contribution is -2.03. The van der Waals surface area contributed by atoms with Crippen molar-refractivity contribution >= 4 is 10.8 Å². The Morgan fingerprint density at radius 3 is 2.92 bits per heavy atom. The number of aromatic nitrogens is 1. The fourth-order valence-electron chi connectivity index (χ4n) is 1.35. The second kappa shape index (κ2) is 2.62. The average molecular weight is 175 g/mol. The lowest BCUT2D eigenvalue weighted by Gasteiger charge is -2.00. The maximum absolute atomic E-state index is 11.0. The van der Waals surface area contributed by atoms with Gasteiger partial charge in [0.25, 0.3) is 5.56 Å². The van der Waals surface area contributed by atoms with Gasteiger partial charge in [0.2, 0.25) is 0 Å². The molecule has 1 aromatic carbocycles. The Balaban J connectivity index is 2.95. The quantitative estimate of drug-likeness (QED) is 0.638. The van der Waals surface area contributed by atoms with E-state index in [1.54, 1.807) is 12.3 Å². The predicted molar refractivity (Wildman–Crippen MR) is 51.0 cm³/mol. The molecule has 0 atom stereocenters. The molecule has 3 nitrogen and oxygen atoms in total. The number of hydrogen-bond acceptors (Lipinski definition) is 2. The Labute approximate surface area is 74.7 Å². The zero-order chi connectivity index (χ0) is 9.42. The summed E-state index contributed by atoms with van der Waals surface area (Å²) in [5.74, 6) is -0.211. The van der Waals surface area contributed by atoms with Gasteiger partial charge in [0, 0.05) is 17.0 Å². The van der Waals surface area contributed by atoms with E-state index in [-0.39, 0.29) is 5.75 Å². The van der Waals surface area contributed by atoms with E-state index < -0.39 is 5.56 Å². The fraction of sp³-hybridized carbons (Fsp3) is 0.100. The monoisotopic (exact) mass is 175 g/mol. The summed E-state index contributed by atoms with van der Waals surface area (Å²) < 4.78 is 0. The van der Waals surface area contributed by atoms with Crippen molar-refractivity contribution in [2.24, 2.45) is 0 Å². The second-order valence-electron chi connectivity index (χ2n) is 3.06. The number of fused-ring (bicyclic) bond motifs is 1. The molecule has 66 valence electrons. The van der Waals surface area contributed by atoms with Crippen molar-refractivity contribution in [2.75, 3.05) is 0 Å². The third-order valence-corrected chi connectivity index (χ3v) is 2.04. The predicted octanol–water partition coefficient (Wildman–Crippen LogP) is 1.54. The summed E-state index contributed by atoms with van der Waals surface area (Å²) in [5.41, 5.74) is 0.648. The van der Waals surface area contributed by atoms with Gasteiger partial charge in [0.15, 0.2) is 5.75 Å². The molecule has 3 heteroatoms. The van der Waals surface area contributed by atoms with E-state index in [2.05, 4.69) is 4.98 Å². The summed E-state index contributed by atoms with van der Waals surface area (Å²) >= 11 is 0. The molecule has 0 saturated carbocycles. The van der Waals surface area contributed by atoms with Crippen molar-refractivity contribution in [1.82, 2.24) is 4.98 Å². The smallest absolute Gasteiger partial charge is 0.290 e. The number of H-pyrrole nitrogens is 1. The molecule has 0 radical (unpaired) electrons. The van der Waals surface area contributed by atoms with Gasteiger partial charge < -0.3 is 10.1 Å². The van der Waals surface area contributed by atoms with Crippen LogP contribution in [0.4, 0.5) is 0 Å². The lowest BCUT2D eigenvalue weighted by atomic mass is 10.1. The van der Waals surface area contributed by atoms with Crippen molar-refractivity contribution in [1.29, 1.82) is 0 Å². The summed E-state index contributed by atoms with van der Waals surface area (Å²) in [5, 5.41) is 10.8. The minimum Gasteiger partial charge on any atom is -0.503 e. The molecule has 13 heavy (non-hydrogen) atoms. The Hall–Kier alpha value is -1.77. The van der Waals surface area contributed by atoms with Crippen LogP contribution in [0, 0.1) is 6.92 Å². The summed E-state index contributed by atoms with van der Waals surface area (Å²) in [7, 11) is 0. The van der Waals surface area contributed by atoms with Crippen molar-refractivity contribution in [3.63, 3.8) is 0 Å². The van der Waals surface area contributed by atoms with Gasteiger partial charge in [-0.3, -0.25) is 4.79 Å². The number of nitrogens with one attached hydrogen (secondary N) is 1. The van der Waals surface area contributed by atoms with Crippen LogP contribution in [0.5, 0.6) is 5.75 Å². The van der Waals surface area contributed by atoms with E-state index in [0.717, 1.165) is 10.9 Å². The standard InChI is InChI=1S/C10H9NO2/c1-6-2-3-8-7(4-6)5-11-10(13)9(8)12/h2-5,12H,1H3,(H,11,13). The first-order valence-corrected chi connectivity index (χ1v) is 3.99. The molecule has 0 fully saturated rings. The normalized spacial score (nSPS) is 10.5. The van der Waals surface area contributed by atoms with Crippen LogP contribution < -0.4 is 5.56 Å². The largest absolute Gasteiger partial charge is 0.503 e. The fourth-order valence-corrected chi connectivity index (χ4v) is 1.35. The number of pyridine rings is 1. The number of aromatic amines is 1. The van der Waals surface area contributed by atoms with E-state index in [1.165, 1.54) is 0 Å². The summed E-state index contributed by atoms with van der Waals surface area (Å²) in [4.78, 5) is 13.5. The molecule has 2 N–H and O–H groups in total. The molecule has 0 spiro atoms. The number of aromatic hydroxyl groups is 1. The highest BCUT2D eigenvalue weighted by molar-refractivity contribution is 5.87. The zero-order valence-electron chi connectivity index (χ0n) is 7.16. The molecule has 0 saturated heterocycles. The minimum absolute atomic E-state index is 0.211. The Morgan fingerprint density at radius 1 is 1.38 bits per heavy atom. The maximum Gasteiger partial charge on any atom is 0.290 e. The lowest BCUT2D eigenvalue weighted by molar-refractivity contribution is 0.473. The van der Waals surface area contributed by atoms with Crippen LogP contribution in [-0.4, -0.2) is 10.1 Å². The zero-order valence-corrected chi connectivity index (χ0v) is 7.16. The third kappa shape index (κ3) is 1.18. The molecular weight excluding hydrogens is 166 g/mol. The van der Waals surface area contributed by atoms with Crippen LogP contribution >= 0.6 is 0 Å². The van der Waals surface area contributed by atoms with Gasteiger partial charge in [-0.2, -0.15) is 0 Å². The molecule has 0 aliphatic rings. The van der Waals surface area contributed by atoms with Gasteiger partial charge in [-0.15, -0.1) is 0 Å². The molecular formula is C10H9NO2. The molecule has 2 aromatic rings. The number of aryl methyl sites for hydroxylation is 1. The Kier molecular flexibility index (Phi) is 1.59. The van der Waals surface area contributed by atoms with Gasteiger partial charge >= 0.3 is 0 Å². The van der Waals surface area contributed by atoms with E-state index in [1.807, 2.05) is 19.1 Å². The molecule has 1 heterocycles. The van der Waals surface area contributed by atoms with E-state index in [0.29, 0.717) is 5.39 Å². The highest BCUT2D eigenvalue weighted by Gasteiger charge is 2.02. The Bertz CT molecular complexity index is 514. The molecule has 0 aliphatic heterocycles. The van der Waals surface area contributed by atoms with Crippen molar-refractivity contribution in [3.05, 3.63) is 40.3 Å². The first kappa shape index (κ1) is 7.86. The maximum atomic E-state index is 11.0. The van der Waals surface area contributed by atoms with Crippen LogP contribution in [0.2, 0.25) is 0 Å². The molecule has 0 unspecified atom stereocenters. The highest BCUT2D eigenvalue weighted by atomic mass is 16.3. The van der Waals surface area contributed by atoms with Gasteiger partial charge in [-0.1, -0.05) is 17.7 Å². The number of hydrogen-bond donors (Lipinski definition) is 2. The van der Waals surface area contributed by atoms with Crippen molar-refractivity contribution in [3.8, 4) is 5.75 Å². The molecule has 0 amide bonds. The van der Waals surface area contributed by atoms with Gasteiger partial charge in [-0.05, 0) is 13.0 Å². The number of rotatable bonds is 0. The van der Waals surface area contributed by atoms with Gasteiger partial charge in [-0.25, -0.2) is 0 Å². The summed E-state index contributed by atoms with van der Waals surface area (Å²) in [6.45, 7) is 1.96. The second-order valence-corrected chi connectivity index (χ2v) is 3.06. The minimum atomic E-state index is -0.448. The van der Waals surface area contributed by atoms with E-state index in [4.69, 9.17) is 0 Å². The molecule has 0 bridgehead atoms. The van der Waals surface area contributed by atoms with E-state index >= 15 is 0 Å². The van der Waals surface area contributed by atoms with Crippen molar-refractivity contribution < 1.29 is 5.11 Å². The summed E-state index contributed by atoms with van der Waals surface area (Å²) in [6, 6.07) is 5.52. The first-order chi connectivity index (χ1) is 6.18. The first-order valence-electron chi connectivity index (χ1n) is 3.99. The van der Waals surface area contributed by atoms with Crippen LogP contribution in [0.3, 0.4) is 0 Å². The summed E-state index contributed by atoms with van der Waals surface area (Å²) in [6.07, 6.45) is 1.60. The van der Waals surface area contributed by atoms with Gasteiger partial charge in [0.05, 0.1) is 0 Å². The van der Waals surface area contributed by atoms with Gasteiger partial charge in [0.1, 0.15) is 0 Å². The molecule has 2 rings (SSSR count). The Morgan fingerprint density at radius 2 is 2.15 bits per heavy atom. The SMILES string of the molecule is Cc1ccc2c(O)c(=O)[nH]cc2c1. The van der Waals surface area contributed by atoms with Crippen molar-refractivity contribution in [2.45, 2.75) is 6.92 Å². The topological polar surface area (TPSA) is 53.1 Å². The van der Waals surface area contributed by atoms with Crippen LogP contribution in [-0.2, 0) is 0 Å². The van der Waals surface area contributed by atoms with Crippen LogP contribution in [0.1, 0.15) is 5.56 Å². The number of benzene rings is 1. The van der Waals surface area contributed by atoms with Crippen LogP contribution in [0.15, 0.2) is 29.2 Å². The molecule has 1 aromatic heterocycles. The average Bonchev–Trinajstić information content (AvgIpc) is 2.12. The third-order valence-electron chi connectivity index (χ3n) is 2.04. The highest BCUT2D eigenvalue weighted by Crippen LogP contribution is 2.20. The van der Waals surface area contributed by atoms with Crippen LogP contribution in [0.25, 0.3) is 10.8 Å². The van der Waals surface area contributed by atoms with E-state index in [9.17, 15) is 9.90 Å².